The minimum absolute atomic E-state index is 0.143. The predicted molar refractivity (Wildman–Crippen MR) is 80.5 cm³/mol. The largest absolute Gasteiger partial charge is 0.355 e. The molecule has 3 rings (SSSR count). The highest BCUT2D eigenvalue weighted by atomic mass is 16.2. The van der Waals surface area contributed by atoms with Crippen LogP contribution in [0.2, 0.25) is 0 Å². The number of nitrogens with one attached hydrogen (secondary N) is 2. The van der Waals surface area contributed by atoms with Crippen molar-refractivity contribution in [2.24, 2.45) is 11.3 Å². The first-order chi connectivity index (χ1) is 9.58. The third kappa shape index (κ3) is 2.73. The molecular formula is C16H29N3O. The van der Waals surface area contributed by atoms with Crippen molar-refractivity contribution in [1.82, 2.24) is 15.5 Å². The van der Waals surface area contributed by atoms with Gasteiger partial charge in [-0.25, -0.2) is 0 Å². The maximum absolute atomic E-state index is 12.5. The Hall–Kier alpha value is -0.610. The fourth-order valence-electron chi connectivity index (χ4n) is 4.35. The second kappa shape index (κ2) is 5.64. The van der Waals surface area contributed by atoms with Crippen LogP contribution in [0.5, 0.6) is 0 Å². The van der Waals surface area contributed by atoms with Crippen LogP contribution in [0.15, 0.2) is 0 Å². The van der Waals surface area contributed by atoms with Crippen LogP contribution in [0.4, 0.5) is 0 Å². The molecule has 3 saturated heterocycles. The molecule has 3 fully saturated rings. The molecule has 3 heterocycles. The number of piperidine rings is 2. The first-order valence-corrected chi connectivity index (χ1v) is 8.29. The molecule has 0 saturated carbocycles. The Balaban J connectivity index is 1.49. The molecule has 1 amide bonds. The van der Waals surface area contributed by atoms with Gasteiger partial charge in [-0.3, -0.25) is 4.79 Å². The van der Waals surface area contributed by atoms with Gasteiger partial charge in [-0.15, -0.1) is 0 Å². The van der Waals surface area contributed by atoms with E-state index in [0.717, 1.165) is 44.6 Å². The molecule has 0 radical (unpaired) electrons. The second-order valence-electron chi connectivity index (χ2n) is 7.41. The highest BCUT2D eigenvalue weighted by Gasteiger charge is 2.39. The third-order valence-corrected chi connectivity index (χ3v) is 6.00. The summed E-state index contributed by atoms with van der Waals surface area (Å²) in [6.45, 7) is 4.97. The van der Waals surface area contributed by atoms with E-state index in [1.54, 1.807) is 0 Å². The lowest BCUT2D eigenvalue weighted by molar-refractivity contribution is -0.131. The molecule has 4 nitrogen and oxygen atoms in total. The van der Waals surface area contributed by atoms with E-state index >= 15 is 0 Å². The van der Waals surface area contributed by atoms with Gasteiger partial charge in [0.25, 0.3) is 0 Å². The molecule has 2 unspecified atom stereocenters. The summed E-state index contributed by atoms with van der Waals surface area (Å²) in [6.07, 6.45) is 7.19. The van der Waals surface area contributed by atoms with Crippen molar-refractivity contribution in [3.05, 3.63) is 0 Å². The van der Waals surface area contributed by atoms with Crippen LogP contribution >= 0.6 is 0 Å². The fraction of sp³-hybridized carbons (Fsp3) is 0.938. The fourth-order valence-corrected chi connectivity index (χ4v) is 4.35. The van der Waals surface area contributed by atoms with Crippen LogP contribution in [0, 0.1) is 11.3 Å². The van der Waals surface area contributed by atoms with E-state index in [1.165, 1.54) is 25.7 Å². The Morgan fingerprint density at radius 2 is 1.85 bits per heavy atom. The zero-order chi connectivity index (χ0) is 14.2. The lowest BCUT2D eigenvalue weighted by atomic mass is 9.80. The average molecular weight is 279 g/mol. The minimum Gasteiger partial charge on any atom is -0.355 e. The van der Waals surface area contributed by atoms with Crippen LogP contribution < -0.4 is 10.6 Å². The summed E-state index contributed by atoms with van der Waals surface area (Å²) in [5.41, 5.74) is -0.143. The van der Waals surface area contributed by atoms with Gasteiger partial charge in [-0.05, 0) is 64.6 Å². The van der Waals surface area contributed by atoms with E-state index in [2.05, 4.69) is 29.5 Å². The van der Waals surface area contributed by atoms with Gasteiger partial charge in [0.05, 0.1) is 0 Å². The summed E-state index contributed by atoms with van der Waals surface area (Å²) in [5.74, 6) is 0.975. The smallest absolute Gasteiger partial charge is 0.226 e. The molecule has 3 aliphatic rings. The van der Waals surface area contributed by atoms with E-state index in [4.69, 9.17) is 0 Å². The zero-order valence-electron chi connectivity index (χ0n) is 13.0. The zero-order valence-corrected chi connectivity index (χ0v) is 13.0. The van der Waals surface area contributed by atoms with E-state index in [1.807, 2.05) is 0 Å². The van der Waals surface area contributed by atoms with Crippen LogP contribution in [0.1, 0.15) is 45.4 Å². The molecule has 114 valence electrons. The van der Waals surface area contributed by atoms with E-state index in [-0.39, 0.29) is 11.3 Å². The minimum atomic E-state index is -0.143. The van der Waals surface area contributed by atoms with E-state index < -0.39 is 0 Å². The monoisotopic (exact) mass is 279 g/mol. The number of carbonyl (C=O) groups is 1. The molecule has 3 aliphatic heterocycles. The maximum Gasteiger partial charge on any atom is 0.226 e. The Morgan fingerprint density at radius 1 is 1.25 bits per heavy atom. The van der Waals surface area contributed by atoms with Crippen LogP contribution in [-0.2, 0) is 4.79 Å². The Morgan fingerprint density at radius 3 is 2.45 bits per heavy atom. The van der Waals surface area contributed by atoms with Crippen molar-refractivity contribution in [2.75, 3.05) is 26.7 Å². The molecule has 0 aliphatic carbocycles. The molecule has 20 heavy (non-hydrogen) atoms. The molecule has 2 N–H and O–H groups in total. The SMILES string of the molecule is CN1C2CCC1CC(CNC(=O)C1(C)CCNCC1)C2. The number of hydrogen-bond acceptors (Lipinski definition) is 3. The summed E-state index contributed by atoms with van der Waals surface area (Å²) < 4.78 is 0. The van der Waals surface area contributed by atoms with Crippen LogP contribution in [0.3, 0.4) is 0 Å². The molecule has 0 aromatic rings. The number of rotatable bonds is 3. The number of amides is 1. The first-order valence-electron chi connectivity index (χ1n) is 8.29. The van der Waals surface area contributed by atoms with Crippen molar-refractivity contribution < 1.29 is 4.79 Å². The lowest BCUT2D eigenvalue weighted by Gasteiger charge is -2.37. The average Bonchev–Trinajstić information content (AvgIpc) is 2.67. The standard InChI is InChI=1S/C16H29N3O/c1-16(5-7-17-8-6-16)15(20)18-11-12-9-13-3-4-14(10-12)19(13)2/h12-14,17H,3-11H2,1-2H3,(H,18,20). The molecule has 2 atom stereocenters. The molecule has 4 heteroatoms. The van der Waals surface area contributed by atoms with Gasteiger partial charge in [-0.1, -0.05) is 6.92 Å². The van der Waals surface area contributed by atoms with Crippen LogP contribution in [-0.4, -0.2) is 49.6 Å². The van der Waals surface area contributed by atoms with Gasteiger partial charge in [0, 0.05) is 24.0 Å². The van der Waals surface area contributed by atoms with Crippen LogP contribution in [0.25, 0.3) is 0 Å². The number of hydrogen-bond donors (Lipinski definition) is 2. The van der Waals surface area contributed by atoms with E-state index in [9.17, 15) is 4.79 Å². The molecule has 0 spiro atoms. The highest BCUT2D eigenvalue weighted by molar-refractivity contribution is 5.82. The molecule has 0 aromatic heterocycles. The molecule has 2 bridgehead atoms. The predicted octanol–water partition coefficient (Wildman–Crippen LogP) is 1.37. The highest BCUT2D eigenvalue weighted by Crippen LogP contribution is 2.37. The Bertz CT molecular complexity index is 351. The normalized spacial score (nSPS) is 36.8. The van der Waals surface area contributed by atoms with Crippen molar-refractivity contribution in [2.45, 2.75) is 57.5 Å². The van der Waals surface area contributed by atoms with Gasteiger partial charge >= 0.3 is 0 Å². The maximum atomic E-state index is 12.5. The summed E-state index contributed by atoms with van der Waals surface area (Å²) >= 11 is 0. The molecular weight excluding hydrogens is 250 g/mol. The summed E-state index contributed by atoms with van der Waals surface area (Å²) in [6, 6.07) is 1.54. The van der Waals surface area contributed by atoms with Gasteiger partial charge in [0.2, 0.25) is 5.91 Å². The summed E-state index contributed by atoms with van der Waals surface area (Å²) in [7, 11) is 2.27. The van der Waals surface area contributed by atoms with Crippen molar-refractivity contribution in [3.63, 3.8) is 0 Å². The topological polar surface area (TPSA) is 44.4 Å². The Kier molecular flexibility index (Phi) is 4.04. The number of carbonyl (C=O) groups excluding carboxylic acids is 1. The first kappa shape index (κ1) is 14.3. The third-order valence-electron chi connectivity index (χ3n) is 6.00. The molecule has 0 aromatic carbocycles. The Labute approximate surface area is 122 Å². The van der Waals surface area contributed by atoms with Gasteiger partial charge < -0.3 is 15.5 Å². The van der Waals surface area contributed by atoms with Gasteiger partial charge in [0.15, 0.2) is 0 Å². The number of nitrogens with zero attached hydrogens (tertiary/aromatic N) is 1. The van der Waals surface area contributed by atoms with E-state index in [0.29, 0.717) is 5.92 Å². The quantitative estimate of drug-likeness (QED) is 0.820. The van der Waals surface area contributed by atoms with Gasteiger partial charge in [-0.2, -0.15) is 0 Å². The van der Waals surface area contributed by atoms with Crippen molar-refractivity contribution >= 4 is 5.91 Å². The summed E-state index contributed by atoms with van der Waals surface area (Å²) in [4.78, 5) is 15.0. The lowest BCUT2D eigenvalue weighted by Crippen LogP contribution is -2.48. The number of fused-ring (bicyclic) bond motifs is 2. The van der Waals surface area contributed by atoms with Crippen molar-refractivity contribution in [3.8, 4) is 0 Å². The van der Waals surface area contributed by atoms with Crippen molar-refractivity contribution in [1.29, 1.82) is 0 Å². The second-order valence-corrected chi connectivity index (χ2v) is 7.41. The summed E-state index contributed by atoms with van der Waals surface area (Å²) in [5, 5.41) is 6.60. The van der Waals surface area contributed by atoms with Gasteiger partial charge in [0.1, 0.15) is 0 Å².